The number of benzene rings is 2. The molecule has 0 fully saturated rings. The second kappa shape index (κ2) is 9.64. The topological polar surface area (TPSA) is 113 Å². The number of aromatic nitrogens is 3. The van der Waals surface area contributed by atoms with Crippen molar-refractivity contribution in [3.05, 3.63) is 102 Å². The number of anilines is 1. The SMILES string of the molecule is Cc1oc(-c2ccccc2NC(=O)c2ccccn2)nc1CNC(=O)Cc1c[nH]c2ccccc12. The Morgan fingerprint density at radius 2 is 1.80 bits per heavy atom. The molecule has 0 aliphatic rings. The fraction of sp³-hybridized carbons (Fsp3) is 0.111. The lowest BCUT2D eigenvalue weighted by Gasteiger charge is -2.08. The number of H-pyrrole nitrogens is 1. The van der Waals surface area contributed by atoms with Gasteiger partial charge in [0, 0.05) is 23.3 Å². The van der Waals surface area contributed by atoms with Gasteiger partial charge in [0.15, 0.2) is 0 Å². The average Bonchev–Trinajstić information content (AvgIpc) is 3.46. The summed E-state index contributed by atoms with van der Waals surface area (Å²) in [5, 5.41) is 6.83. The van der Waals surface area contributed by atoms with Crippen LogP contribution in [0.1, 0.15) is 27.5 Å². The first-order valence-electron chi connectivity index (χ1n) is 11.2. The molecule has 0 spiro atoms. The lowest BCUT2D eigenvalue weighted by molar-refractivity contribution is -0.120. The monoisotopic (exact) mass is 465 g/mol. The highest BCUT2D eigenvalue weighted by Crippen LogP contribution is 2.29. The minimum Gasteiger partial charge on any atom is -0.441 e. The minimum absolute atomic E-state index is 0.110. The molecule has 0 radical (unpaired) electrons. The van der Waals surface area contributed by atoms with E-state index >= 15 is 0 Å². The van der Waals surface area contributed by atoms with Crippen molar-refractivity contribution in [2.24, 2.45) is 0 Å². The van der Waals surface area contributed by atoms with E-state index in [2.05, 4.69) is 25.6 Å². The number of pyridine rings is 1. The molecule has 0 aliphatic carbocycles. The molecule has 35 heavy (non-hydrogen) atoms. The molecule has 3 aromatic heterocycles. The van der Waals surface area contributed by atoms with Crippen LogP contribution in [0.25, 0.3) is 22.4 Å². The zero-order chi connectivity index (χ0) is 24.2. The van der Waals surface area contributed by atoms with Crippen molar-refractivity contribution in [3.63, 3.8) is 0 Å². The van der Waals surface area contributed by atoms with E-state index in [4.69, 9.17) is 4.42 Å². The van der Waals surface area contributed by atoms with E-state index in [0.29, 0.717) is 34.3 Å². The molecule has 0 aliphatic heterocycles. The van der Waals surface area contributed by atoms with Gasteiger partial charge in [0.25, 0.3) is 5.91 Å². The Labute approximate surface area is 201 Å². The molecular formula is C27H23N5O3. The fourth-order valence-corrected chi connectivity index (χ4v) is 3.86. The first kappa shape index (κ1) is 22.1. The minimum atomic E-state index is -0.328. The third kappa shape index (κ3) is 4.81. The Balaban J connectivity index is 1.28. The molecule has 0 bridgehead atoms. The Morgan fingerprint density at radius 3 is 2.66 bits per heavy atom. The standard InChI is InChI=1S/C27H23N5O3/c1-17-24(16-30-25(33)14-18-15-29-21-10-4-2-8-19(18)21)32-27(35-17)20-9-3-5-11-22(20)31-26(34)23-12-6-7-13-28-23/h2-13,15,29H,14,16H2,1H3,(H,30,33)(H,31,34). The van der Waals surface area contributed by atoms with E-state index in [1.807, 2.05) is 48.7 Å². The third-order valence-electron chi connectivity index (χ3n) is 5.67. The van der Waals surface area contributed by atoms with Gasteiger partial charge in [-0.25, -0.2) is 4.98 Å². The molecule has 5 aromatic rings. The summed E-state index contributed by atoms with van der Waals surface area (Å²) in [6.07, 6.45) is 3.69. The Bertz CT molecular complexity index is 1500. The van der Waals surface area contributed by atoms with E-state index in [9.17, 15) is 9.59 Å². The number of rotatable bonds is 7. The molecule has 3 N–H and O–H groups in total. The number of amides is 2. The number of nitrogens with zero attached hydrogens (tertiary/aromatic N) is 2. The number of hydrogen-bond acceptors (Lipinski definition) is 5. The molecule has 2 aromatic carbocycles. The van der Waals surface area contributed by atoms with E-state index in [1.165, 1.54) is 0 Å². The van der Waals surface area contributed by atoms with Gasteiger partial charge in [-0.05, 0) is 42.8 Å². The van der Waals surface area contributed by atoms with Crippen molar-refractivity contribution in [2.45, 2.75) is 19.9 Å². The van der Waals surface area contributed by atoms with Gasteiger partial charge in [0.2, 0.25) is 11.8 Å². The third-order valence-corrected chi connectivity index (χ3v) is 5.67. The number of oxazole rings is 1. The van der Waals surface area contributed by atoms with Crippen molar-refractivity contribution >= 4 is 28.4 Å². The largest absolute Gasteiger partial charge is 0.441 e. The van der Waals surface area contributed by atoms with Gasteiger partial charge in [-0.1, -0.05) is 36.4 Å². The van der Waals surface area contributed by atoms with Gasteiger partial charge < -0.3 is 20.0 Å². The molecule has 0 unspecified atom stereocenters. The summed E-state index contributed by atoms with van der Waals surface area (Å²) in [5.41, 5.74) is 4.06. The maximum Gasteiger partial charge on any atom is 0.274 e. The molecular weight excluding hydrogens is 442 g/mol. The number of carbonyl (C=O) groups excluding carboxylic acids is 2. The van der Waals surface area contributed by atoms with Crippen LogP contribution in [-0.4, -0.2) is 26.8 Å². The molecule has 5 rings (SSSR count). The Morgan fingerprint density at radius 1 is 1.00 bits per heavy atom. The van der Waals surface area contributed by atoms with Gasteiger partial charge in [0.05, 0.1) is 24.2 Å². The van der Waals surface area contributed by atoms with Crippen LogP contribution >= 0.6 is 0 Å². The van der Waals surface area contributed by atoms with Crippen LogP contribution in [0.15, 0.2) is 83.5 Å². The van der Waals surface area contributed by atoms with Gasteiger partial charge >= 0.3 is 0 Å². The van der Waals surface area contributed by atoms with Crippen LogP contribution in [0.3, 0.4) is 0 Å². The van der Waals surface area contributed by atoms with Gasteiger partial charge in [-0.15, -0.1) is 0 Å². The smallest absolute Gasteiger partial charge is 0.274 e. The molecule has 8 nitrogen and oxygen atoms in total. The summed E-state index contributed by atoms with van der Waals surface area (Å²) in [6, 6.07) is 20.3. The number of hydrogen-bond donors (Lipinski definition) is 3. The van der Waals surface area contributed by atoms with E-state index < -0.39 is 0 Å². The molecule has 0 saturated heterocycles. The molecule has 3 heterocycles. The fourth-order valence-electron chi connectivity index (χ4n) is 3.86. The zero-order valence-electron chi connectivity index (χ0n) is 19.0. The zero-order valence-corrected chi connectivity index (χ0v) is 19.0. The van der Waals surface area contributed by atoms with Gasteiger partial charge in [-0.2, -0.15) is 0 Å². The lowest BCUT2D eigenvalue weighted by Crippen LogP contribution is -2.25. The number of fused-ring (bicyclic) bond motifs is 1. The van der Waals surface area contributed by atoms with Crippen molar-refractivity contribution in [2.75, 3.05) is 5.32 Å². The van der Waals surface area contributed by atoms with Crippen molar-refractivity contribution < 1.29 is 14.0 Å². The van der Waals surface area contributed by atoms with Crippen molar-refractivity contribution in [3.8, 4) is 11.5 Å². The normalized spacial score (nSPS) is 10.9. The first-order valence-corrected chi connectivity index (χ1v) is 11.2. The summed E-state index contributed by atoms with van der Waals surface area (Å²) in [6.45, 7) is 2.03. The van der Waals surface area contributed by atoms with Crippen molar-refractivity contribution in [1.82, 2.24) is 20.3 Å². The average molecular weight is 466 g/mol. The van der Waals surface area contributed by atoms with E-state index in [1.54, 1.807) is 37.4 Å². The van der Waals surface area contributed by atoms with Gasteiger partial charge in [-0.3, -0.25) is 14.6 Å². The number of aromatic amines is 1. The predicted molar refractivity (Wildman–Crippen MR) is 133 cm³/mol. The van der Waals surface area contributed by atoms with E-state index in [-0.39, 0.29) is 24.8 Å². The maximum atomic E-state index is 12.6. The summed E-state index contributed by atoms with van der Waals surface area (Å²) in [7, 11) is 0. The number of carbonyl (C=O) groups is 2. The quantitative estimate of drug-likeness (QED) is 0.324. The molecule has 0 atom stereocenters. The second-order valence-electron chi connectivity index (χ2n) is 8.05. The number of aryl methyl sites for hydroxylation is 1. The number of para-hydroxylation sites is 2. The Kier molecular flexibility index (Phi) is 6.09. The first-order chi connectivity index (χ1) is 17.1. The second-order valence-corrected chi connectivity index (χ2v) is 8.05. The van der Waals surface area contributed by atoms with Crippen LogP contribution in [-0.2, 0) is 17.8 Å². The summed E-state index contributed by atoms with van der Waals surface area (Å²) < 4.78 is 5.89. The van der Waals surface area contributed by atoms with Crippen LogP contribution in [0.2, 0.25) is 0 Å². The summed E-state index contributed by atoms with van der Waals surface area (Å²) in [5.74, 6) is 0.520. The predicted octanol–water partition coefficient (Wildman–Crippen LogP) is 4.64. The summed E-state index contributed by atoms with van der Waals surface area (Å²) in [4.78, 5) is 37.0. The molecule has 8 heteroatoms. The van der Waals surface area contributed by atoms with Crippen LogP contribution in [0.4, 0.5) is 5.69 Å². The highest BCUT2D eigenvalue weighted by Gasteiger charge is 2.17. The molecule has 0 saturated carbocycles. The highest BCUT2D eigenvalue weighted by atomic mass is 16.4. The number of nitrogens with one attached hydrogen (secondary N) is 3. The molecule has 2 amide bonds. The highest BCUT2D eigenvalue weighted by molar-refractivity contribution is 6.04. The van der Waals surface area contributed by atoms with Crippen LogP contribution in [0, 0.1) is 6.92 Å². The lowest BCUT2D eigenvalue weighted by atomic mass is 10.1. The van der Waals surface area contributed by atoms with Gasteiger partial charge in [0.1, 0.15) is 17.1 Å². The van der Waals surface area contributed by atoms with Crippen LogP contribution < -0.4 is 10.6 Å². The Hall–Kier alpha value is -4.72. The maximum absolute atomic E-state index is 12.6. The summed E-state index contributed by atoms with van der Waals surface area (Å²) >= 11 is 0. The van der Waals surface area contributed by atoms with E-state index in [0.717, 1.165) is 16.5 Å². The molecule has 174 valence electrons. The van der Waals surface area contributed by atoms with Crippen LogP contribution in [0.5, 0.6) is 0 Å². The van der Waals surface area contributed by atoms with Crippen molar-refractivity contribution in [1.29, 1.82) is 0 Å².